The molecule has 0 saturated heterocycles. The van der Waals surface area contributed by atoms with E-state index in [2.05, 4.69) is 253 Å². The molecular formula is C75H82BN3S. The second kappa shape index (κ2) is 17.7. The van der Waals surface area contributed by atoms with Gasteiger partial charge in [0, 0.05) is 75.5 Å². The highest BCUT2D eigenvalue weighted by molar-refractivity contribution is 7.25. The first-order chi connectivity index (χ1) is 38.8. The van der Waals surface area contributed by atoms with Crippen molar-refractivity contribution in [2.24, 2.45) is 0 Å². The number of hydrogen-bond acceptors (Lipinski definition) is 4. The van der Waals surface area contributed by atoms with Gasteiger partial charge in [-0.1, -0.05) is 158 Å². The molecule has 3 nitrogen and oxygen atoms in total. The SMILES string of the molecule is [2H]C([2H])([2H])c1cc2c3c(c1)N(c1ccc4c(c1)C(C)(C)CCC4(C)C)c1cc4c(cc1B3c1ccc(N(c3ccc(C(C)(C)C)cc3C)c3ccc(C(C)(C)C)cc3C)cc1N2c1ccc2sc3ccccc3c2c1)C(C)(C)CCC4(C)C. The number of anilines is 9. The monoisotopic (exact) mass is 1070 g/mol. The Labute approximate surface area is 487 Å². The molecule has 0 atom stereocenters. The van der Waals surface area contributed by atoms with E-state index < -0.39 is 6.85 Å². The van der Waals surface area contributed by atoms with Gasteiger partial charge in [0.2, 0.25) is 0 Å². The van der Waals surface area contributed by atoms with Gasteiger partial charge in [-0.25, -0.2) is 0 Å². The molecule has 13 rings (SSSR count). The standard InChI is InChI=1S/C75H82BN3S/c1-45-36-65-69-66(37-45)79(51-24-27-55-56(41-51)73(12,13)33-32-72(55,10)11)64-44-58-57(74(14,15)34-35-75(58,16)17)43-60(64)76(69)59-28-25-52(42-63(59)78(65)50-26-31-68-54(40-50)53-20-18-19-21-67(53)80-68)77(61-29-22-48(38-46(61)2)70(4,5)6)62-30-23-49(39-47(62)3)71(7,8)9/h18-31,36-44H,32-35H2,1-17H3/i1D3. The number of fused-ring (bicyclic) bond motifs is 9. The van der Waals surface area contributed by atoms with Gasteiger partial charge in [-0.3, -0.25) is 0 Å². The van der Waals surface area contributed by atoms with Gasteiger partial charge >= 0.3 is 0 Å². The average molecular weight is 1070 g/mol. The third-order valence-corrected chi connectivity index (χ3v) is 20.8. The minimum Gasteiger partial charge on any atom is -0.311 e. The maximum Gasteiger partial charge on any atom is 0.252 e. The molecule has 0 N–H and O–H groups in total. The highest BCUT2D eigenvalue weighted by atomic mass is 32.1. The van der Waals surface area contributed by atoms with Crippen LogP contribution in [0.4, 0.5) is 51.2 Å². The van der Waals surface area contributed by atoms with Gasteiger partial charge in [0.15, 0.2) is 0 Å². The van der Waals surface area contributed by atoms with Gasteiger partial charge < -0.3 is 14.7 Å². The topological polar surface area (TPSA) is 9.72 Å². The van der Waals surface area contributed by atoms with E-state index in [1.807, 2.05) is 23.5 Å². The molecule has 0 amide bonds. The molecule has 5 heteroatoms. The van der Waals surface area contributed by atoms with Crippen molar-refractivity contribution in [1.82, 2.24) is 0 Å². The quantitative estimate of drug-likeness (QED) is 0.159. The predicted molar refractivity (Wildman–Crippen MR) is 350 cm³/mol. The van der Waals surface area contributed by atoms with E-state index in [9.17, 15) is 4.11 Å². The van der Waals surface area contributed by atoms with E-state index in [0.717, 1.165) is 82.3 Å². The summed E-state index contributed by atoms with van der Waals surface area (Å²) >= 11 is 1.82. The van der Waals surface area contributed by atoms with Gasteiger partial charge in [0.1, 0.15) is 0 Å². The van der Waals surface area contributed by atoms with Gasteiger partial charge in [-0.15, -0.1) is 11.3 Å². The summed E-state index contributed by atoms with van der Waals surface area (Å²) in [6.07, 6.45) is 4.39. The molecule has 4 aliphatic rings. The molecule has 3 heterocycles. The Balaban J connectivity index is 1.15. The maximum atomic E-state index is 9.40. The van der Waals surface area contributed by atoms with Crippen LogP contribution in [0.25, 0.3) is 20.2 Å². The minimum atomic E-state index is -2.41. The number of hydrogen-bond donors (Lipinski definition) is 0. The summed E-state index contributed by atoms with van der Waals surface area (Å²) in [7, 11) is 0. The van der Waals surface area contributed by atoms with Crippen molar-refractivity contribution in [2.75, 3.05) is 14.7 Å². The smallest absolute Gasteiger partial charge is 0.252 e. The van der Waals surface area contributed by atoms with Crippen molar-refractivity contribution in [3.05, 3.63) is 190 Å². The fraction of sp³-hybridized carbons (Fsp3) is 0.360. The van der Waals surface area contributed by atoms with E-state index in [-0.39, 0.29) is 39.2 Å². The number of aryl methyl sites for hydroxylation is 3. The molecule has 8 aromatic carbocycles. The Morgan fingerprint density at radius 3 is 1.56 bits per heavy atom. The summed E-state index contributed by atoms with van der Waals surface area (Å²) in [5.74, 6) is 0. The largest absolute Gasteiger partial charge is 0.311 e. The van der Waals surface area contributed by atoms with Crippen LogP contribution in [0.2, 0.25) is 0 Å². The van der Waals surface area contributed by atoms with E-state index in [0.29, 0.717) is 5.56 Å². The number of rotatable bonds is 5. The molecule has 2 aliphatic carbocycles. The fourth-order valence-electron chi connectivity index (χ4n) is 14.5. The summed E-state index contributed by atoms with van der Waals surface area (Å²) in [5, 5.41) is 2.41. The van der Waals surface area contributed by atoms with Gasteiger partial charge in [-0.05, 0) is 224 Å². The van der Waals surface area contributed by atoms with Gasteiger partial charge in [0.05, 0.1) is 0 Å². The second-order valence-electron chi connectivity index (χ2n) is 29.1. The molecule has 2 aliphatic heterocycles. The third-order valence-electron chi connectivity index (χ3n) is 19.6. The van der Waals surface area contributed by atoms with Crippen molar-refractivity contribution < 1.29 is 4.11 Å². The summed E-state index contributed by atoms with van der Waals surface area (Å²) in [6, 6.07) is 53.3. The summed E-state index contributed by atoms with van der Waals surface area (Å²) in [4.78, 5) is 7.40. The van der Waals surface area contributed by atoms with Crippen molar-refractivity contribution in [2.45, 2.75) is 176 Å². The first-order valence-electron chi connectivity index (χ1n) is 31.0. The Morgan fingerprint density at radius 2 is 0.988 bits per heavy atom. The van der Waals surface area contributed by atoms with Crippen LogP contribution in [0.15, 0.2) is 140 Å². The summed E-state index contributed by atoms with van der Waals surface area (Å²) < 4.78 is 30.7. The van der Waals surface area contributed by atoms with Crippen LogP contribution in [0.1, 0.15) is 177 Å². The van der Waals surface area contributed by atoms with Gasteiger partial charge in [-0.2, -0.15) is 0 Å². The van der Waals surface area contributed by atoms with E-state index in [1.165, 1.54) is 75.6 Å². The van der Waals surface area contributed by atoms with Gasteiger partial charge in [0.25, 0.3) is 6.71 Å². The molecule has 80 heavy (non-hydrogen) atoms. The zero-order valence-electron chi connectivity index (χ0n) is 53.4. The number of thiophene rings is 1. The van der Waals surface area contributed by atoms with Crippen molar-refractivity contribution in [3.8, 4) is 0 Å². The number of nitrogens with zero attached hydrogens (tertiary/aromatic N) is 3. The van der Waals surface area contributed by atoms with E-state index >= 15 is 0 Å². The molecule has 406 valence electrons. The van der Waals surface area contributed by atoms with E-state index in [1.54, 1.807) is 0 Å². The lowest BCUT2D eigenvalue weighted by atomic mass is 9.33. The third kappa shape index (κ3) is 8.24. The molecule has 0 spiro atoms. The fourth-order valence-corrected chi connectivity index (χ4v) is 15.5. The van der Waals surface area contributed by atoms with Crippen LogP contribution in [-0.4, -0.2) is 6.71 Å². The molecule has 1 aromatic heterocycles. The molecule has 0 radical (unpaired) electrons. The van der Waals surface area contributed by atoms with Crippen molar-refractivity contribution >= 4 is 106 Å². The van der Waals surface area contributed by atoms with E-state index in [4.69, 9.17) is 0 Å². The molecule has 0 bridgehead atoms. The normalized spacial score (nSPS) is 18.1. The van der Waals surface area contributed by atoms with Crippen molar-refractivity contribution in [1.29, 1.82) is 0 Å². The predicted octanol–water partition coefficient (Wildman–Crippen LogP) is 19.8. The lowest BCUT2D eigenvalue weighted by Gasteiger charge is -2.48. The Kier molecular flexibility index (Phi) is 10.9. The first kappa shape index (κ1) is 49.3. The molecular weight excluding hydrogens is 986 g/mol. The Bertz CT molecular complexity index is 4120. The lowest BCUT2D eigenvalue weighted by molar-refractivity contribution is 0.332. The highest BCUT2D eigenvalue weighted by Crippen LogP contribution is 2.54. The van der Waals surface area contributed by atoms with Crippen LogP contribution in [0, 0.1) is 20.7 Å². The molecule has 9 aromatic rings. The Hall–Kier alpha value is -6.56. The second-order valence-corrected chi connectivity index (χ2v) is 30.2. The van der Waals surface area contributed by atoms with Crippen LogP contribution in [0.5, 0.6) is 0 Å². The molecule has 0 fully saturated rings. The van der Waals surface area contributed by atoms with Crippen LogP contribution in [-0.2, 0) is 32.5 Å². The van der Waals surface area contributed by atoms with Crippen LogP contribution < -0.4 is 31.1 Å². The first-order valence-corrected chi connectivity index (χ1v) is 30.3. The Morgan fingerprint density at radius 1 is 0.475 bits per heavy atom. The molecule has 0 unspecified atom stereocenters. The van der Waals surface area contributed by atoms with Crippen LogP contribution >= 0.6 is 11.3 Å². The maximum absolute atomic E-state index is 9.40. The zero-order chi connectivity index (χ0) is 59.0. The highest BCUT2D eigenvalue weighted by Gasteiger charge is 2.47. The lowest BCUT2D eigenvalue weighted by Crippen LogP contribution is -2.62. The number of benzene rings is 8. The molecule has 0 saturated carbocycles. The summed E-state index contributed by atoms with van der Waals surface area (Å²) in [5.41, 5.74) is 23.6. The van der Waals surface area contributed by atoms with Crippen molar-refractivity contribution in [3.63, 3.8) is 0 Å². The van der Waals surface area contributed by atoms with Crippen LogP contribution in [0.3, 0.4) is 0 Å². The zero-order valence-corrected chi connectivity index (χ0v) is 51.3. The minimum absolute atomic E-state index is 0.0249. The average Bonchev–Trinajstić information content (AvgIpc) is 2.20. The summed E-state index contributed by atoms with van der Waals surface area (Å²) in [6.45, 7) is 35.0.